The van der Waals surface area contributed by atoms with Gasteiger partial charge in [-0.1, -0.05) is 26.5 Å². The maximum Gasteiger partial charge on any atom is 0.313 e. The van der Waals surface area contributed by atoms with E-state index in [1.165, 1.54) is 0 Å². The Morgan fingerprint density at radius 2 is 1.92 bits per heavy atom. The molecule has 25 heavy (non-hydrogen) atoms. The van der Waals surface area contributed by atoms with E-state index in [0.717, 1.165) is 37.7 Å². The van der Waals surface area contributed by atoms with Crippen molar-refractivity contribution >= 4 is 11.8 Å². The third-order valence-electron chi connectivity index (χ3n) is 8.56. The fourth-order valence-corrected chi connectivity index (χ4v) is 7.60. The van der Waals surface area contributed by atoms with E-state index >= 15 is 0 Å². The fraction of sp³-hybridized carbons (Fsp3) is 0.714. The maximum absolute atomic E-state index is 13.6. The molecule has 0 aromatic rings. The highest BCUT2D eigenvalue weighted by Gasteiger charge is 2.76. The number of cyclic esters (lactones) is 1. The summed E-state index contributed by atoms with van der Waals surface area (Å²) in [5, 5.41) is 11.1. The number of aliphatic hydroxyl groups excluding tert-OH is 1. The van der Waals surface area contributed by atoms with Gasteiger partial charge in [-0.05, 0) is 55.1 Å². The van der Waals surface area contributed by atoms with Crippen molar-refractivity contribution in [1.82, 2.24) is 0 Å². The number of carbonyl (C=O) groups excluding carboxylic acids is 2. The van der Waals surface area contributed by atoms with Crippen molar-refractivity contribution in [2.75, 3.05) is 6.61 Å². The zero-order valence-electron chi connectivity index (χ0n) is 14.8. The van der Waals surface area contributed by atoms with Crippen LogP contribution in [0.3, 0.4) is 0 Å². The number of hydrogen-bond donors (Lipinski definition) is 1. The van der Waals surface area contributed by atoms with E-state index in [2.05, 4.69) is 20.1 Å². The first-order valence-corrected chi connectivity index (χ1v) is 9.56. The van der Waals surface area contributed by atoms with Gasteiger partial charge in [0.25, 0.3) is 0 Å². The molecule has 5 aliphatic carbocycles. The molecule has 4 bridgehead atoms. The molecule has 5 saturated carbocycles. The Hall–Kier alpha value is -1.42. The minimum absolute atomic E-state index is 0.00671. The first-order valence-electron chi connectivity index (χ1n) is 9.56. The lowest BCUT2D eigenvalue weighted by Gasteiger charge is -2.69. The van der Waals surface area contributed by atoms with Crippen molar-refractivity contribution in [3.05, 3.63) is 24.3 Å². The number of ether oxygens (including phenoxy) is 1. The molecule has 1 heterocycles. The number of esters is 1. The van der Waals surface area contributed by atoms with E-state index in [9.17, 15) is 14.7 Å². The molecule has 4 heteroatoms. The molecule has 1 spiro atoms. The Balaban J connectivity index is 1.77. The van der Waals surface area contributed by atoms with Crippen LogP contribution >= 0.6 is 0 Å². The van der Waals surface area contributed by atoms with Gasteiger partial charge in [0.2, 0.25) is 0 Å². The molecular formula is C21H26O4. The van der Waals surface area contributed by atoms with E-state index < -0.39 is 16.9 Å². The molecule has 3 unspecified atom stereocenters. The molecule has 4 nitrogen and oxygen atoms in total. The lowest BCUT2D eigenvalue weighted by Crippen LogP contribution is -2.73. The Morgan fingerprint density at radius 1 is 1.16 bits per heavy atom. The van der Waals surface area contributed by atoms with Crippen LogP contribution in [0, 0.1) is 34.0 Å². The Bertz CT molecular complexity index is 738. The van der Waals surface area contributed by atoms with Crippen molar-refractivity contribution in [3.63, 3.8) is 0 Å². The van der Waals surface area contributed by atoms with E-state index in [1.54, 1.807) is 0 Å². The Morgan fingerprint density at radius 3 is 2.68 bits per heavy atom. The first kappa shape index (κ1) is 15.8. The van der Waals surface area contributed by atoms with Gasteiger partial charge in [-0.2, -0.15) is 0 Å². The largest absolute Gasteiger partial charge is 0.465 e. The number of ketones is 1. The number of Topliss-reactive ketones (excluding diaryl/α,β-unsaturated/α-hetero) is 1. The summed E-state index contributed by atoms with van der Waals surface area (Å²) in [6.45, 7) is 10.8. The smallest absolute Gasteiger partial charge is 0.313 e. The summed E-state index contributed by atoms with van der Waals surface area (Å²) < 4.78 is 5.71. The Labute approximate surface area is 148 Å². The highest BCUT2D eigenvalue weighted by Crippen LogP contribution is 2.73. The number of hydrogen-bond acceptors (Lipinski definition) is 4. The predicted octanol–water partition coefficient (Wildman–Crippen LogP) is 2.81. The lowest BCUT2D eigenvalue weighted by atomic mass is 9.34. The van der Waals surface area contributed by atoms with Crippen LogP contribution in [-0.2, 0) is 14.3 Å². The summed E-state index contributed by atoms with van der Waals surface area (Å²) in [7, 11) is 0. The van der Waals surface area contributed by atoms with Gasteiger partial charge in [0, 0.05) is 11.3 Å². The van der Waals surface area contributed by atoms with Gasteiger partial charge in [-0.15, -0.1) is 0 Å². The fourth-order valence-electron chi connectivity index (χ4n) is 7.60. The van der Waals surface area contributed by atoms with E-state index in [-0.39, 0.29) is 34.9 Å². The van der Waals surface area contributed by atoms with Gasteiger partial charge in [0.1, 0.15) is 0 Å². The molecule has 6 aliphatic rings. The summed E-state index contributed by atoms with van der Waals surface area (Å²) in [6.07, 6.45) is 4.10. The van der Waals surface area contributed by atoms with E-state index in [0.29, 0.717) is 18.6 Å². The molecule has 0 amide bonds. The molecule has 1 N–H and O–H groups in total. The van der Waals surface area contributed by atoms with Gasteiger partial charge in [0.15, 0.2) is 5.78 Å². The molecule has 0 aromatic heterocycles. The number of allylic oxidation sites excluding steroid dienone is 1. The Kier molecular flexibility index (Phi) is 2.82. The molecule has 1 aliphatic heterocycles. The third-order valence-corrected chi connectivity index (χ3v) is 8.56. The van der Waals surface area contributed by atoms with Crippen LogP contribution < -0.4 is 0 Å². The number of rotatable bonds is 0. The van der Waals surface area contributed by atoms with Crippen molar-refractivity contribution in [1.29, 1.82) is 0 Å². The van der Waals surface area contributed by atoms with Crippen LogP contribution in [0.4, 0.5) is 0 Å². The average Bonchev–Trinajstić information content (AvgIpc) is 2.60. The zero-order chi connectivity index (χ0) is 17.8. The molecule has 7 atom stereocenters. The molecule has 0 radical (unpaired) electrons. The molecular weight excluding hydrogens is 316 g/mol. The number of carbonyl (C=O) groups is 2. The number of aliphatic hydroxyl groups is 1. The second-order valence-electron chi connectivity index (χ2n) is 9.45. The maximum atomic E-state index is 13.6. The van der Waals surface area contributed by atoms with Crippen LogP contribution in [0.25, 0.3) is 0 Å². The monoisotopic (exact) mass is 342 g/mol. The van der Waals surface area contributed by atoms with Crippen molar-refractivity contribution in [2.24, 2.45) is 34.0 Å². The van der Waals surface area contributed by atoms with Crippen LogP contribution in [0.1, 0.15) is 45.4 Å². The highest BCUT2D eigenvalue weighted by molar-refractivity contribution is 6.05. The van der Waals surface area contributed by atoms with Crippen molar-refractivity contribution in [2.45, 2.75) is 51.6 Å². The van der Waals surface area contributed by atoms with Gasteiger partial charge < -0.3 is 9.84 Å². The SMILES string of the molecule is C=C1C(=O)C23CC[C@H](CC2[C@@]24CCC[C@@](C)(COC2=O)C14)C(=C)[C@@H]3O. The summed E-state index contributed by atoms with van der Waals surface area (Å²) >= 11 is 0. The van der Waals surface area contributed by atoms with Crippen LogP contribution in [0.5, 0.6) is 0 Å². The molecule has 6 fully saturated rings. The second-order valence-corrected chi connectivity index (χ2v) is 9.45. The highest BCUT2D eigenvalue weighted by atomic mass is 16.5. The normalized spacial score (nSPS) is 54.0. The summed E-state index contributed by atoms with van der Waals surface area (Å²) in [5.74, 6) is -0.239. The van der Waals surface area contributed by atoms with Gasteiger partial charge in [-0.25, -0.2) is 0 Å². The van der Waals surface area contributed by atoms with Gasteiger partial charge in [-0.3, -0.25) is 9.59 Å². The molecule has 0 aromatic carbocycles. The van der Waals surface area contributed by atoms with Crippen molar-refractivity contribution in [3.8, 4) is 0 Å². The lowest BCUT2D eigenvalue weighted by molar-refractivity contribution is -0.232. The van der Waals surface area contributed by atoms with Crippen LogP contribution in [0.15, 0.2) is 24.3 Å². The minimum Gasteiger partial charge on any atom is -0.465 e. The molecule has 1 saturated heterocycles. The third kappa shape index (κ3) is 1.47. The van der Waals surface area contributed by atoms with Crippen LogP contribution in [0.2, 0.25) is 0 Å². The standard InChI is InChI=1S/C21H26O4/c1-11-13-5-8-21(16(11)22)14(9-13)20-7-4-6-19(3,10-25-18(20)24)15(20)12(2)17(21)23/h13-16,22H,1-2,4-10H2,3H3/t13-,14?,15?,16+,19+,20-,21?/m1/s1. The van der Waals surface area contributed by atoms with E-state index in [4.69, 9.17) is 4.74 Å². The molecule has 134 valence electrons. The number of fused-ring (bicyclic) bond motifs is 2. The van der Waals surface area contributed by atoms with Crippen molar-refractivity contribution < 1.29 is 19.4 Å². The summed E-state index contributed by atoms with van der Waals surface area (Å²) in [6, 6.07) is 0. The average molecular weight is 342 g/mol. The first-order chi connectivity index (χ1) is 11.8. The quantitative estimate of drug-likeness (QED) is 0.418. The zero-order valence-corrected chi connectivity index (χ0v) is 14.8. The summed E-state index contributed by atoms with van der Waals surface area (Å²) in [5.41, 5.74) is -0.465. The van der Waals surface area contributed by atoms with Crippen LogP contribution in [-0.4, -0.2) is 29.6 Å². The summed E-state index contributed by atoms with van der Waals surface area (Å²) in [4.78, 5) is 26.8. The van der Waals surface area contributed by atoms with Gasteiger partial charge >= 0.3 is 5.97 Å². The van der Waals surface area contributed by atoms with Gasteiger partial charge in [0.05, 0.1) is 23.5 Å². The minimum atomic E-state index is -0.909. The molecule has 6 rings (SSSR count). The second kappa shape index (κ2) is 4.46. The van der Waals surface area contributed by atoms with E-state index in [1.807, 2.05) is 0 Å². The topological polar surface area (TPSA) is 63.6 Å². The predicted molar refractivity (Wildman–Crippen MR) is 91.4 cm³/mol.